The van der Waals surface area contributed by atoms with E-state index in [1.165, 1.54) is 17.5 Å². The fourth-order valence-corrected chi connectivity index (χ4v) is 2.10. The van der Waals surface area contributed by atoms with Gasteiger partial charge in [0.2, 0.25) is 0 Å². The van der Waals surface area contributed by atoms with Crippen LogP contribution in [0.15, 0.2) is 24.3 Å². The lowest BCUT2D eigenvalue weighted by molar-refractivity contribution is 0.389. The molecule has 0 aromatic heterocycles. The van der Waals surface area contributed by atoms with E-state index < -0.39 is 0 Å². The van der Waals surface area contributed by atoms with Gasteiger partial charge in [-0.15, -0.1) is 0 Å². The summed E-state index contributed by atoms with van der Waals surface area (Å²) in [6.07, 6.45) is 1.19. The zero-order valence-electron chi connectivity index (χ0n) is 13.5. The molecule has 0 heterocycles. The van der Waals surface area contributed by atoms with Crippen molar-refractivity contribution < 1.29 is 0 Å². The highest BCUT2D eigenvalue weighted by Gasteiger charge is 2.13. The lowest BCUT2D eigenvalue weighted by Crippen LogP contribution is -2.24. The van der Waals surface area contributed by atoms with Gasteiger partial charge in [0.25, 0.3) is 0 Å². The van der Waals surface area contributed by atoms with Gasteiger partial charge < -0.3 is 10.2 Å². The van der Waals surface area contributed by atoms with Crippen molar-refractivity contribution in [1.82, 2.24) is 10.2 Å². The lowest BCUT2D eigenvalue weighted by atomic mass is 9.86. The molecule has 1 aromatic carbocycles. The second-order valence-electron chi connectivity index (χ2n) is 6.70. The lowest BCUT2D eigenvalue weighted by Gasteiger charge is -2.21. The summed E-state index contributed by atoms with van der Waals surface area (Å²) in [6, 6.07) is 9.45. The number of nitrogens with zero attached hydrogens (tertiary/aromatic N) is 1. The molecular weight excluding hydrogens is 232 g/mol. The van der Waals surface area contributed by atoms with E-state index in [0.29, 0.717) is 6.04 Å². The standard InChI is InChI=1S/C17H30N2/c1-14(18-12-7-13-19(5)6)15-8-10-16(11-9-15)17(2,3)4/h8-11,14,18H,7,12-13H2,1-6H3. The molecule has 0 bridgehead atoms. The first-order valence-corrected chi connectivity index (χ1v) is 7.29. The van der Waals surface area contributed by atoms with Gasteiger partial charge in [-0.05, 0) is 57.1 Å². The number of hydrogen-bond donors (Lipinski definition) is 1. The maximum atomic E-state index is 3.59. The molecule has 108 valence electrons. The van der Waals surface area contributed by atoms with Crippen molar-refractivity contribution in [2.75, 3.05) is 27.2 Å². The second kappa shape index (κ2) is 7.06. The van der Waals surface area contributed by atoms with Crippen LogP contribution in [0.4, 0.5) is 0 Å². The Kier molecular flexibility index (Phi) is 6.02. The third kappa shape index (κ3) is 5.75. The van der Waals surface area contributed by atoms with Gasteiger partial charge in [-0.3, -0.25) is 0 Å². The minimum absolute atomic E-state index is 0.237. The van der Waals surface area contributed by atoms with Crippen LogP contribution >= 0.6 is 0 Å². The SMILES string of the molecule is CC(NCCCN(C)C)c1ccc(C(C)(C)C)cc1. The molecular formula is C17H30N2. The van der Waals surface area contributed by atoms with Crippen molar-refractivity contribution in [3.8, 4) is 0 Å². The van der Waals surface area contributed by atoms with E-state index in [4.69, 9.17) is 0 Å². The average molecular weight is 262 g/mol. The number of nitrogens with one attached hydrogen (secondary N) is 1. The van der Waals surface area contributed by atoms with Crippen molar-refractivity contribution in [2.24, 2.45) is 0 Å². The normalized spacial score (nSPS) is 13.8. The van der Waals surface area contributed by atoms with Crippen LogP contribution in [0.25, 0.3) is 0 Å². The fraction of sp³-hybridized carbons (Fsp3) is 0.647. The molecule has 1 N–H and O–H groups in total. The highest BCUT2D eigenvalue weighted by molar-refractivity contribution is 5.28. The van der Waals surface area contributed by atoms with Gasteiger partial charge >= 0.3 is 0 Å². The monoisotopic (exact) mass is 262 g/mol. The molecule has 2 nitrogen and oxygen atoms in total. The fourth-order valence-electron chi connectivity index (χ4n) is 2.10. The Balaban J connectivity index is 2.47. The first-order chi connectivity index (χ1) is 8.80. The van der Waals surface area contributed by atoms with Gasteiger partial charge in [-0.25, -0.2) is 0 Å². The summed E-state index contributed by atoms with van der Waals surface area (Å²) in [7, 11) is 4.24. The van der Waals surface area contributed by atoms with Gasteiger partial charge in [0.1, 0.15) is 0 Å². The van der Waals surface area contributed by atoms with Crippen LogP contribution in [0.5, 0.6) is 0 Å². The van der Waals surface area contributed by atoms with E-state index in [9.17, 15) is 0 Å². The first-order valence-electron chi connectivity index (χ1n) is 7.29. The molecule has 0 saturated carbocycles. The Morgan fingerprint density at radius 1 is 1.11 bits per heavy atom. The molecule has 0 fully saturated rings. The molecule has 1 atom stereocenters. The highest BCUT2D eigenvalue weighted by Crippen LogP contribution is 2.23. The zero-order chi connectivity index (χ0) is 14.5. The third-order valence-electron chi connectivity index (χ3n) is 3.51. The molecule has 0 saturated heterocycles. The van der Waals surface area contributed by atoms with Gasteiger partial charge in [0.05, 0.1) is 0 Å². The largest absolute Gasteiger partial charge is 0.310 e. The predicted molar refractivity (Wildman–Crippen MR) is 84.7 cm³/mol. The topological polar surface area (TPSA) is 15.3 Å². The van der Waals surface area contributed by atoms with Crippen LogP contribution in [0.1, 0.15) is 51.3 Å². The van der Waals surface area contributed by atoms with E-state index >= 15 is 0 Å². The van der Waals surface area contributed by atoms with Gasteiger partial charge in [0, 0.05) is 6.04 Å². The van der Waals surface area contributed by atoms with Crippen molar-refractivity contribution in [3.05, 3.63) is 35.4 Å². The Morgan fingerprint density at radius 3 is 2.16 bits per heavy atom. The summed E-state index contributed by atoms with van der Waals surface area (Å²) in [5.74, 6) is 0. The molecule has 2 heteroatoms. The summed E-state index contributed by atoms with van der Waals surface area (Å²) in [6.45, 7) is 11.2. The van der Waals surface area contributed by atoms with Crippen molar-refractivity contribution in [1.29, 1.82) is 0 Å². The Bertz CT molecular complexity index is 360. The smallest absolute Gasteiger partial charge is 0.0291 e. The highest BCUT2D eigenvalue weighted by atomic mass is 15.1. The molecule has 19 heavy (non-hydrogen) atoms. The van der Waals surface area contributed by atoms with Crippen molar-refractivity contribution in [3.63, 3.8) is 0 Å². The van der Waals surface area contributed by atoms with E-state index in [1.54, 1.807) is 0 Å². The van der Waals surface area contributed by atoms with Crippen molar-refractivity contribution in [2.45, 2.75) is 45.6 Å². The van der Waals surface area contributed by atoms with E-state index in [-0.39, 0.29) is 5.41 Å². The van der Waals surface area contributed by atoms with Crippen LogP contribution in [0.2, 0.25) is 0 Å². The quantitative estimate of drug-likeness (QED) is 0.788. The van der Waals surface area contributed by atoms with E-state index in [1.807, 2.05) is 0 Å². The third-order valence-corrected chi connectivity index (χ3v) is 3.51. The van der Waals surface area contributed by atoms with Crippen LogP contribution in [-0.4, -0.2) is 32.1 Å². The number of benzene rings is 1. The van der Waals surface area contributed by atoms with E-state index in [2.05, 4.69) is 76.3 Å². The molecule has 1 unspecified atom stereocenters. The van der Waals surface area contributed by atoms with Crippen molar-refractivity contribution >= 4 is 0 Å². The molecule has 0 amide bonds. The van der Waals surface area contributed by atoms with Crippen LogP contribution in [0.3, 0.4) is 0 Å². The minimum Gasteiger partial charge on any atom is -0.310 e. The maximum Gasteiger partial charge on any atom is 0.0291 e. The Hall–Kier alpha value is -0.860. The van der Waals surface area contributed by atoms with E-state index in [0.717, 1.165) is 13.1 Å². The summed E-state index contributed by atoms with van der Waals surface area (Å²) >= 11 is 0. The summed E-state index contributed by atoms with van der Waals surface area (Å²) in [5.41, 5.74) is 3.01. The minimum atomic E-state index is 0.237. The van der Waals surface area contributed by atoms with Gasteiger partial charge in [-0.1, -0.05) is 45.0 Å². The average Bonchev–Trinajstić information content (AvgIpc) is 2.33. The Morgan fingerprint density at radius 2 is 1.68 bits per heavy atom. The maximum absolute atomic E-state index is 3.59. The molecule has 0 aliphatic heterocycles. The zero-order valence-corrected chi connectivity index (χ0v) is 13.5. The predicted octanol–water partition coefficient (Wildman–Crippen LogP) is 3.59. The summed E-state index contributed by atoms with van der Waals surface area (Å²) < 4.78 is 0. The number of hydrogen-bond acceptors (Lipinski definition) is 2. The number of rotatable bonds is 6. The van der Waals surface area contributed by atoms with Crippen LogP contribution in [-0.2, 0) is 5.41 Å². The van der Waals surface area contributed by atoms with Gasteiger partial charge in [-0.2, -0.15) is 0 Å². The molecule has 1 rings (SSSR count). The molecule has 0 aliphatic carbocycles. The van der Waals surface area contributed by atoms with Gasteiger partial charge in [0.15, 0.2) is 0 Å². The van der Waals surface area contributed by atoms with Crippen LogP contribution in [0, 0.1) is 0 Å². The Labute approximate surface area is 119 Å². The molecule has 0 radical (unpaired) electrons. The molecule has 0 aliphatic rings. The molecule has 1 aromatic rings. The summed E-state index contributed by atoms with van der Waals surface area (Å²) in [5, 5.41) is 3.59. The first kappa shape index (κ1) is 16.2. The van der Waals surface area contributed by atoms with Crippen LogP contribution < -0.4 is 5.32 Å². The second-order valence-corrected chi connectivity index (χ2v) is 6.70. The summed E-state index contributed by atoms with van der Waals surface area (Å²) in [4.78, 5) is 2.23. The molecule has 0 spiro atoms.